The largest absolute Gasteiger partial charge is 0.456 e. The van der Waals surface area contributed by atoms with Gasteiger partial charge in [0.2, 0.25) is 0 Å². The standard InChI is InChI=1S/C12H18O3/c1-8(2)9-3-5-12(10(13)7-9)6-4-11(14)15-12/h9-10,13H,1,3-7H2,2H3/t9-,10-,12+/m0/s1. The number of aliphatic hydroxyl groups is 1. The van der Waals surface area contributed by atoms with E-state index in [1.165, 1.54) is 0 Å². The van der Waals surface area contributed by atoms with Crippen molar-refractivity contribution in [1.82, 2.24) is 0 Å². The summed E-state index contributed by atoms with van der Waals surface area (Å²) in [6, 6.07) is 0. The van der Waals surface area contributed by atoms with Crippen molar-refractivity contribution in [3.8, 4) is 0 Å². The molecule has 0 aromatic rings. The normalized spacial score (nSPS) is 40.5. The van der Waals surface area contributed by atoms with Gasteiger partial charge >= 0.3 is 5.97 Å². The third-order valence-electron chi connectivity index (χ3n) is 3.80. The molecule has 3 heteroatoms. The van der Waals surface area contributed by atoms with E-state index < -0.39 is 11.7 Å². The van der Waals surface area contributed by atoms with Crippen LogP contribution in [0, 0.1) is 5.92 Å². The molecule has 1 N–H and O–H groups in total. The molecule has 0 aromatic carbocycles. The molecule has 2 rings (SSSR count). The fourth-order valence-corrected chi connectivity index (χ4v) is 2.69. The minimum atomic E-state index is -0.566. The summed E-state index contributed by atoms with van der Waals surface area (Å²) in [5, 5.41) is 10.1. The Morgan fingerprint density at radius 1 is 1.60 bits per heavy atom. The van der Waals surface area contributed by atoms with Gasteiger partial charge in [-0.05, 0) is 32.1 Å². The van der Waals surface area contributed by atoms with Crippen LogP contribution in [0.3, 0.4) is 0 Å². The van der Waals surface area contributed by atoms with Crippen molar-refractivity contribution in [2.45, 2.75) is 50.7 Å². The third kappa shape index (κ3) is 1.81. The highest BCUT2D eigenvalue weighted by Crippen LogP contribution is 2.43. The van der Waals surface area contributed by atoms with Gasteiger partial charge in [0.25, 0.3) is 0 Å². The number of allylic oxidation sites excluding steroid dienone is 1. The Labute approximate surface area is 90.1 Å². The van der Waals surface area contributed by atoms with Gasteiger partial charge in [0.05, 0.1) is 6.10 Å². The lowest BCUT2D eigenvalue weighted by atomic mass is 9.73. The maximum Gasteiger partial charge on any atom is 0.306 e. The van der Waals surface area contributed by atoms with Gasteiger partial charge in [-0.15, -0.1) is 0 Å². The highest BCUT2D eigenvalue weighted by Gasteiger charge is 2.49. The molecule has 0 radical (unpaired) electrons. The van der Waals surface area contributed by atoms with Crippen LogP contribution in [0.5, 0.6) is 0 Å². The maximum absolute atomic E-state index is 11.1. The molecule has 1 aliphatic heterocycles. The summed E-state index contributed by atoms with van der Waals surface area (Å²) in [6.45, 7) is 5.92. The second-order valence-corrected chi connectivity index (χ2v) is 4.87. The fourth-order valence-electron chi connectivity index (χ4n) is 2.69. The smallest absolute Gasteiger partial charge is 0.306 e. The number of carbonyl (C=O) groups excluding carboxylic acids is 1. The number of hydrogen-bond donors (Lipinski definition) is 1. The average Bonchev–Trinajstić information content (AvgIpc) is 2.54. The second kappa shape index (κ2) is 3.63. The second-order valence-electron chi connectivity index (χ2n) is 4.87. The third-order valence-corrected chi connectivity index (χ3v) is 3.80. The number of esters is 1. The maximum atomic E-state index is 11.1. The molecule has 84 valence electrons. The monoisotopic (exact) mass is 210 g/mol. The van der Waals surface area contributed by atoms with Crippen LogP contribution in [0.15, 0.2) is 12.2 Å². The Morgan fingerprint density at radius 2 is 2.33 bits per heavy atom. The zero-order chi connectivity index (χ0) is 11.1. The highest BCUT2D eigenvalue weighted by atomic mass is 16.6. The minimum Gasteiger partial charge on any atom is -0.456 e. The molecule has 3 nitrogen and oxygen atoms in total. The predicted molar refractivity (Wildman–Crippen MR) is 56.2 cm³/mol. The van der Waals surface area contributed by atoms with Crippen LogP contribution in [0.4, 0.5) is 0 Å². The first-order valence-corrected chi connectivity index (χ1v) is 5.59. The van der Waals surface area contributed by atoms with Crippen molar-refractivity contribution >= 4 is 5.97 Å². The summed E-state index contributed by atoms with van der Waals surface area (Å²) in [6.07, 6.45) is 3.05. The Balaban J connectivity index is 2.07. The molecule has 1 heterocycles. The summed E-state index contributed by atoms with van der Waals surface area (Å²) in [5.41, 5.74) is 0.552. The van der Waals surface area contributed by atoms with E-state index >= 15 is 0 Å². The molecular formula is C12H18O3. The number of rotatable bonds is 1. The van der Waals surface area contributed by atoms with Gasteiger partial charge in [-0.1, -0.05) is 12.2 Å². The Kier molecular flexibility index (Phi) is 2.59. The number of hydrogen-bond acceptors (Lipinski definition) is 3. The van der Waals surface area contributed by atoms with Gasteiger partial charge in [0.15, 0.2) is 0 Å². The van der Waals surface area contributed by atoms with E-state index in [4.69, 9.17) is 4.74 Å². The van der Waals surface area contributed by atoms with E-state index in [1.807, 2.05) is 6.92 Å². The van der Waals surface area contributed by atoms with Crippen LogP contribution in [-0.2, 0) is 9.53 Å². The fraction of sp³-hybridized carbons (Fsp3) is 0.750. The van der Waals surface area contributed by atoms with Crippen molar-refractivity contribution in [3.05, 3.63) is 12.2 Å². The van der Waals surface area contributed by atoms with Crippen molar-refractivity contribution in [2.24, 2.45) is 5.92 Å². The lowest BCUT2D eigenvalue weighted by Gasteiger charge is -2.40. The Hall–Kier alpha value is -0.830. The molecule has 0 aromatic heterocycles. The van der Waals surface area contributed by atoms with Gasteiger partial charge in [0.1, 0.15) is 5.60 Å². The van der Waals surface area contributed by atoms with Gasteiger partial charge < -0.3 is 9.84 Å². The molecule has 1 saturated heterocycles. The van der Waals surface area contributed by atoms with E-state index in [0.717, 1.165) is 18.4 Å². The zero-order valence-electron chi connectivity index (χ0n) is 9.16. The molecule has 1 aliphatic carbocycles. The van der Waals surface area contributed by atoms with Gasteiger partial charge in [0, 0.05) is 12.8 Å². The van der Waals surface area contributed by atoms with E-state index in [-0.39, 0.29) is 5.97 Å². The van der Waals surface area contributed by atoms with Gasteiger partial charge in [-0.2, -0.15) is 0 Å². The van der Waals surface area contributed by atoms with Crippen LogP contribution >= 0.6 is 0 Å². The van der Waals surface area contributed by atoms with Crippen LogP contribution in [0.2, 0.25) is 0 Å². The van der Waals surface area contributed by atoms with Crippen LogP contribution < -0.4 is 0 Å². The molecule has 2 fully saturated rings. The van der Waals surface area contributed by atoms with Crippen LogP contribution in [-0.4, -0.2) is 22.8 Å². The average molecular weight is 210 g/mol. The first kappa shape index (κ1) is 10.7. The SMILES string of the molecule is C=C(C)[C@H]1CC[C@@]2(CCC(=O)O2)[C@@H](O)C1. The summed E-state index contributed by atoms with van der Waals surface area (Å²) >= 11 is 0. The number of carbonyl (C=O) groups is 1. The van der Waals surface area contributed by atoms with E-state index in [1.54, 1.807) is 0 Å². The molecule has 2 aliphatic rings. The molecule has 1 saturated carbocycles. The van der Waals surface area contributed by atoms with E-state index in [0.29, 0.717) is 25.2 Å². The first-order valence-electron chi connectivity index (χ1n) is 5.59. The van der Waals surface area contributed by atoms with Gasteiger partial charge in [-0.25, -0.2) is 0 Å². The number of aliphatic hydroxyl groups excluding tert-OH is 1. The molecule has 0 amide bonds. The quantitative estimate of drug-likeness (QED) is 0.530. The molecule has 15 heavy (non-hydrogen) atoms. The van der Waals surface area contributed by atoms with E-state index in [9.17, 15) is 9.90 Å². The van der Waals surface area contributed by atoms with Crippen LogP contribution in [0.25, 0.3) is 0 Å². The summed E-state index contributed by atoms with van der Waals surface area (Å²) in [5.74, 6) is 0.216. The van der Waals surface area contributed by atoms with E-state index in [2.05, 4.69) is 6.58 Å². The lowest BCUT2D eigenvalue weighted by molar-refractivity contribution is -0.165. The first-order chi connectivity index (χ1) is 7.03. The van der Waals surface area contributed by atoms with Crippen molar-refractivity contribution in [2.75, 3.05) is 0 Å². The topological polar surface area (TPSA) is 46.5 Å². The Morgan fingerprint density at radius 3 is 2.80 bits per heavy atom. The number of ether oxygens (including phenoxy) is 1. The highest BCUT2D eigenvalue weighted by molar-refractivity contribution is 5.72. The molecule has 3 atom stereocenters. The van der Waals surface area contributed by atoms with Gasteiger partial charge in [-0.3, -0.25) is 4.79 Å². The molecule has 0 unspecified atom stereocenters. The molecule has 1 spiro atoms. The summed E-state index contributed by atoms with van der Waals surface area (Å²) < 4.78 is 5.31. The molecule has 0 bridgehead atoms. The zero-order valence-corrected chi connectivity index (χ0v) is 9.16. The summed E-state index contributed by atoms with van der Waals surface area (Å²) in [4.78, 5) is 11.1. The molecular weight excluding hydrogens is 192 g/mol. The lowest BCUT2D eigenvalue weighted by Crippen LogP contribution is -2.47. The minimum absolute atomic E-state index is 0.164. The van der Waals surface area contributed by atoms with Crippen molar-refractivity contribution in [3.63, 3.8) is 0 Å². The summed E-state index contributed by atoms with van der Waals surface area (Å²) in [7, 11) is 0. The van der Waals surface area contributed by atoms with Crippen molar-refractivity contribution in [1.29, 1.82) is 0 Å². The van der Waals surface area contributed by atoms with Crippen LogP contribution in [0.1, 0.15) is 39.0 Å². The van der Waals surface area contributed by atoms with Crippen molar-refractivity contribution < 1.29 is 14.6 Å². The predicted octanol–water partition coefficient (Wildman–Crippen LogP) is 1.80. The Bertz CT molecular complexity index is 297.